The molecule has 2 nitrogen and oxygen atoms in total. The molecule has 0 N–H and O–H groups in total. The van der Waals surface area contributed by atoms with E-state index >= 15 is 0 Å². The minimum atomic E-state index is -0.921. The van der Waals surface area contributed by atoms with Crippen molar-refractivity contribution in [3.63, 3.8) is 0 Å². The zero-order valence-corrected chi connectivity index (χ0v) is 12.3. The van der Waals surface area contributed by atoms with Crippen molar-refractivity contribution >= 4 is 21.7 Å². The number of hydrogen-bond acceptors (Lipinski definition) is 2. The molecule has 0 aliphatic carbocycles. The molecule has 0 radical (unpaired) electrons. The Morgan fingerprint density at radius 3 is 2.45 bits per heavy atom. The molecule has 4 heteroatoms. The molecule has 0 saturated carbocycles. The standard InChI is InChI=1S/C16H11BrFNO/c1-10-8-12(17)4-7-14(10)16(20)15(9-19)11-2-5-13(18)6-3-11/h2-8,15H,1H3. The lowest BCUT2D eigenvalue weighted by Crippen LogP contribution is -2.12. The van der Waals surface area contributed by atoms with Crippen LogP contribution in [0.1, 0.15) is 27.4 Å². The quantitative estimate of drug-likeness (QED) is 0.783. The minimum Gasteiger partial charge on any atom is -0.292 e. The summed E-state index contributed by atoms with van der Waals surface area (Å²) in [6.45, 7) is 1.82. The van der Waals surface area contributed by atoms with Crippen LogP contribution in [0.4, 0.5) is 4.39 Å². The van der Waals surface area contributed by atoms with Crippen LogP contribution in [0.15, 0.2) is 46.9 Å². The topological polar surface area (TPSA) is 40.9 Å². The molecule has 100 valence electrons. The maximum absolute atomic E-state index is 12.9. The normalized spacial score (nSPS) is 11.7. The first kappa shape index (κ1) is 14.4. The van der Waals surface area contributed by atoms with Gasteiger partial charge in [-0.1, -0.05) is 28.1 Å². The van der Waals surface area contributed by atoms with E-state index in [0.29, 0.717) is 11.1 Å². The Hall–Kier alpha value is -1.99. The highest BCUT2D eigenvalue weighted by Crippen LogP contribution is 2.24. The van der Waals surface area contributed by atoms with Gasteiger partial charge in [-0.2, -0.15) is 5.26 Å². The molecule has 1 unspecified atom stereocenters. The molecule has 0 aliphatic heterocycles. The number of carbonyl (C=O) groups is 1. The molecule has 2 rings (SSSR count). The summed E-state index contributed by atoms with van der Waals surface area (Å²) in [5, 5.41) is 9.25. The van der Waals surface area contributed by atoms with Crippen LogP contribution in [-0.2, 0) is 0 Å². The van der Waals surface area contributed by atoms with Crippen molar-refractivity contribution in [3.05, 3.63) is 69.4 Å². The maximum atomic E-state index is 12.9. The Morgan fingerprint density at radius 2 is 1.90 bits per heavy atom. The van der Waals surface area contributed by atoms with Crippen LogP contribution in [0.3, 0.4) is 0 Å². The van der Waals surface area contributed by atoms with Gasteiger partial charge in [-0.3, -0.25) is 4.79 Å². The number of halogens is 2. The lowest BCUT2D eigenvalue weighted by atomic mass is 9.90. The summed E-state index contributed by atoms with van der Waals surface area (Å²) in [6.07, 6.45) is 0. The summed E-state index contributed by atoms with van der Waals surface area (Å²) in [6, 6.07) is 12.7. The Morgan fingerprint density at radius 1 is 1.25 bits per heavy atom. The second-order valence-electron chi connectivity index (χ2n) is 4.44. The van der Waals surface area contributed by atoms with Crippen molar-refractivity contribution in [3.8, 4) is 6.07 Å². The third kappa shape index (κ3) is 2.94. The van der Waals surface area contributed by atoms with Crippen molar-refractivity contribution < 1.29 is 9.18 Å². The van der Waals surface area contributed by atoms with Crippen LogP contribution < -0.4 is 0 Å². The average molecular weight is 332 g/mol. The van der Waals surface area contributed by atoms with Crippen molar-refractivity contribution in [2.75, 3.05) is 0 Å². The van der Waals surface area contributed by atoms with Gasteiger partial charge >= 0.3 is 0 Å². The van der Waals surface area contributed by atoms with Gasteiger partial charge in [-0.15, -0.1) is 0 Å². The zero-order chi connectivity index (χ0) is 14.7. The predicted molar refractivity (Wildman–Crippen MR) is 78.0 cm³/mol. The summed E-state index contributed by atoms with van der Waals surface area (Å²) in [5.74, 6) is -1.59. The summed E-state index contributed by atoms with van der Waals surface area (Å²) >= 11 is 3.33. The molecule has 0 spiro atoms. The lowest BCUT2D eigenvalue weighted by Gasteiger charge is -2.11. The van der Waals surface area contributed by atoms with Gasteiger partial charge in [0.25, 0.3) is 0 Å². The first-order chi connectivity index (χ1) is 9.52. The summed E-state index contributed by atoms with van der Waals surface area (Å²) in [7, 11) is 0. The number of nitrogens with zero attached hydrogens (tertiary/aromatic N) is 1. The minimum absolute atomic E-state index is 0.274. The Balaban J connectivity index is 2.39. The van der Waals surface area contributed by atoms with Crippen LogP contribution in [0.2, 0.25) is 0 Å². The number of Topliss-reactive ketones (excluding diaryl/α,β-unsaturated/α-hetero) is 1. The largest absolute Gasteiger partial charge is 0.292 e. The fourth-order valence-corrected chi connectivity index (χ4v) is 2.47. The maximum Gasteiger partial charge on any atom is 0.184 e. The Bertz CT molecular complexity index is 689. The lowest BCUT2D eigenvalue weighted by molar-refractivity contribution is 0.0978. The smallest absolute Gasteiger partial charge is 0.184 e. The van der Waals surface area contributed by atoms with Gasteiger partial charge in [-0.25, -0.2) is 4.39 Å². The number of hydrogen-bond donors (Lipinski definition) is 0. The van der Waals surface area contributed by atoms with E-state index in [2.05, 4.69) is 15.9 Å². The molecule has 0 amide bonds. The van der Waals surface area contributed by atoms with Crippen LogP contribution in [0.5, 0.6) is 0 Å². The number of benzene rings is 2. The van der Waals surface area contributed by atoms with E-state index in [1.54, 1.807) is 12.1 Å². The second kappa shape index (κ2) is 5.98. The van der Waals surface area contributed by atoms with Crippen LogP contribution >= 0.6 is 15.9 Å². The van der Waals surface area contributed by atoms with Crippen LogP contribution in [0, 0.1) is 24.1 Å². The number of rotatable bonds is 3. The van der Waals surface area contributed by atoms with Gasteiger partial charge in [0.15, 0.2) is 5.78 Å². The van der Waals surface area contributed by atoms with E-state index in [4.69, 9.17) is 0 Å². The van der Waals surface area contributed by atoms with Gasteiger partial charge in [0.1, 0.15) is 11.7 Å². The van der Waals surface area contributed by atoms with Gasteiger partial charge in [-0.05, 0) is 48.4 Å². The second-order valence-corrected chi connectivity index (χ2v) is 5.35. The van der Waals surface area contributed by atoms with Crippen molar-refractivity contribution in [1.29, 1.82) is 5.26 Å². The SMILES string of the molecule is Cc1cc(Br)ccc1C(=O)C(C#N)c1ccc(F)cc1. The molecule has 0 heterocycles. The van der Waals surface area contributed by atoms with E-state index in [9.17, 15) is 14.4 Å². The molecule has 1 atom stereocenters. The van der Waals surface area contributed by atoms with Crippen LogP contribution in [-0.4, -0.2) is 5.78 Å². The van der Waals surface area contributed by atoms with E-state index in [-0.39, 0.29) is 5.78 Å². The Kier molecular flexibility index (Phi) is 4.31. The highest BCUT2D eigenvalue weighted by Gasteiger charge is 2.23. The van der Waals surface area contributed by atoms with E-state index in [0.717, 1.165) is 10.0 Å². The third-order valence-electron chi connectivity index (χ3n) is 3.05. The summed E-state index contributed by atoms with van der Waals surface area (Å²) < 4.78 is 13.8. The summed E-state index contributed by atoms with van der Waals surface area (Å²) in [5.41, 5.74) is 1.80. The van der Waals surface area contributed by atoms with Gasteiger partial charge in [0.05, 0.1) is 6.07 Å². The van der Waals surface area contributed by atoms with Crippen molar-refractivity contribution in [1.82, 2.24) is 0 Å². The van der Waals surface area contributed by atoms with E-state index < -0.39 is 11.7 Å². The number of ketones is 1. The third-order valence-corrected chi connectivity index (χ3v) is 3.54. The van der Waals surface area contributed by atoms with Gasteiger partial charge < -0.3 is 0 Å². The monoisotopic (exact) mass is 331 g/mol. The van der Waals surface area contributed by atoms with Crippen molar-refractivity contribution in [2.24, 2.45) is 0 Å². The van der Waals surface area contributed by atoms with Gasteiger partial charge in [0, 0.05) is 10.0 Å². The highest BCUT2D eigenvalue weighted by atomic mass is 79.9. The van der Waals surface area contributed by atoms with Crippen LogP contribution in [0.25, 0.3) is 0 Å². The molecule has 0 aromatic heterocycles. The number of aryl methyl sites for hydroxylation is 1. The van der Waals surface area contributed by atoms with E-state index in [1.165, 1.54) is 24.3 Å². The molecular formula is C16H11BrFNO. The first-order valence-electron chi connectivity index (χ1n) is 5.98. The molecule has 2 aromatic carbocycles. The van der Waals surface area contributed by atoms with E-state index in [1.807, 2.05) is 19.1 Å². The summed E-state index contributed by atoms with van der Waals surface area (Å²) in [4.78, 5) is 12.5. The van der Waals surface area contributed by atoms with Gasteiger partial charge in [0.2, 0.25) is 0 Å². The fourth-order valence-electron chi connectivity index (χ4n) is 2.00. The first-order valence-corrected chi connectivity index (χ1v) is 6.77. The molecular weight excluding hydrogens is 321 g/mol. The molecule has 20 heavy (non-hydrogen) atoms. The molecule has 2 aromatic rings. The molecule has 0 saturated heterocycles. The van der Waals surface area contributed by atoms with Crippen molar-refractivity contribution in [2.45, 2.75) is 12.8 Å². The zero-order valence-electron chi connectivity index (χ0n) is 10.7. The average Bonchev–Trinajstić information content (AvgIpc) is 2.41. The Labute approximate surface area is 125 Å². The molecule has 0 bridgehead atoms. The number of carbonyl (C=O) groups excluding carboxylic acids is 1. The fraction of sp³-hybridized carbons (Fsp3) is 0.125. The number of nitriles is 1. The predicted octanol–water partition coefficient (Wildman–Crippen LogP) is 4.39. The molecule has 0 fully saturated rings. The molecule has 0 aliphatic rings. The highest BCUT2D eigenvalue weighted by molar-refractivity contribution is 9.10.